The van der Waals surface area contributed by atoms with Crippen molar-refractivity contribution in [1.82, 2.24) is 14.8 Å². The molecular formula is C16H20ClN3. The molecule has 0 atom stereocenters. The molecule has 0 spiro atoms. The van der Waals surface area contributed by atoms with E-state index in [-0.39, 0.29) is 5.41 Å². The van der Waals surface area contributed by atoms with E-state index in [1.165, 1.54) is 24.0 Å². The Balaban J connectivity index is 2.17. The minimum absolute atomic E-state index is 0.0814. The summed E-state index contributed by atoms with van der Waals surface area (Å²) in [6, 6.07) is 9.01. The molecule has 0 aliphatic heterocycles. The van der Waals surface area contributed by atoms with Gasteiger partial charge in [-0.25, -0.2) is 0 Å². The first-order chi connectivity index (χ1) is 9.52. The van der Waals surface area contributed by atoms with Crippen LogP contribution in [0.15, 0.2) is 24.3 Å². The number of rotatable bonds is 3. The highest BCUT2D eigenvalue weighted by atomic mass is 35.5. The summed E-state index contributed by atoms with van der Waals surface area (Å²) >= 11 is 6.01. The Morgan fingerprint density at radius 3 is 2.50 bits per heavy atom. The largest absolute Gasteiger partial charge is 0.307 e. The van der Waals surface area contributed by atoms with Gasteiger partial charge in [0, 0.05) is 11.6 Å². The van der Waals surface area contributed by atoms with Crippen molar-refractivity contribution < 1.29 is 0 Å². The molecule has 1 heterocycles. The standard InChI is InChI=1S/C16H20ClN3/c1-16(2,3)13-7-5-4-6-12(13)15-19-18-14(10-17)20(15)11-8-9-11/h4-7,11H,8-10H2,1-3H3. The second-order valence-electron chi connectivity index (χ2n) is 6.47. The second kappa shape index (κ2) is 4.88. The van der Waals surface area contributed by atoms with Crippen molar-refractivity contribution in [3.8, 4) is 11.4 Å². The van der Waals surface area contributed by atoms with E-state index >= 15 is 0 Å². The minimum atomic E-state index is 0.0814. The number of alkyl halides is 1. The molecule has 0 saturated heterocycles. The zero-order chi connectivity index (χ0) is 14.3. The minimum Gasteiger partial charge on any atom is -0.307 e. The molecule has 0 radical (unpaired) electrons. The second-order valence-corrected chi connectivity index (χ2v) is 6.74. The third kappa shape index (κ3) is 2.35. The first-order valence-electron chi connectivity index (χ1n) is 7.12. The molecule has 3 rings (SSSR count). The van der Waals surface area contributed by atoms with E-state index < -0.39 is 0 Å². The van der Waals surface area contributed by atoms with E-state index in [0.29, 0.717) is 11.9 Å². The van der Waals surface area contributed by atoms with E-state index in [4.69, 9.17) is 11.6 Å². The van der Waals surface area contributed by atoms with Gasteiger partial charge in [0.2, 0.25) is 0 Å². The molecule has 1 aliphatic rings. The highest BCUT2D eigenvalue weighted by Gasteiger charge is 2.31. The molecule has 2 aromatic rings. The lowest BCUT2D eigenvalue weighted by atomic mass is 9.83. The topological polar surface area (TPSA) is 30.7 Å². The lowest BCUT2D eigenvalue weighted by Gasteiger charge is -2.22. The van der Waals surface area contributed by atoms with E-state index in [9.17, 15) is 0 Å². The van der Waals surface area contributed by atoms with Gasteiger partial charge in [0.1, 0.15) is 5.82 Å². The van der Waals surface area contributed by atoms with Gasteiger partial charge in [-0.1, -0.05) is 45.0 Å². The van der Waals surface area contributed by atoms with Gasteiger partial charge in [-0.15, -0.1) is 21.8 Å². The monoisotopic (exact) mass is 289 g/mol. The van der Waals surface area contributed by atoms with Gasteiger partial charge in [-0.2, -0.15) is 0 Å². The van der Waals surface area contributed by atoms with Crippen molar-refractivity contribution in [2.75, 3.05) is 0 Å². The Bertz CT molecular complexity index is 621. The maximum Gasteiger partial charge on any atom is 0.164 e. The molecule has 0 amide bonds. The highest BCUT2D eigenvalue weighted by Crippen LogP contribution is 2.41. The Kier molecular flexibility index (Phi) is 3.33. The van der Waals surface area contributed by atoms with Crippen LogP contribution in [0.3, 0.4) is 0 Å². The van der Waals surface area contributed by atoms with E-state index in [1.54, 1.807) is 0 Å². The molecule has 3 nitrogen and oxygen atoms in total. The molecule has 0 unspecified atom stereocenters. The third-order valence-corrected chi connectivity index (χ3v) is 4.01. The van der Waals surface area contributed by atoms with Crippen molar-refractivity contribution in [2.24, 2.45) is 0 Å². The summed E-state index contributed by atoms with van der Waals surface area (Å²) in [5, 5.41) is 8.70. The average Bonchev–Trinajstić information content (AvgIpc) is 3.16. The molecule has 1 fully saturated rings. The zero-order valence-corrected chi connectivity index (χ0v) is 13.0. The number of halogens is 1. The molecule has 0 bridgehead atoms. The van der Waals surface area contributed by atoms with Crippen molar-refractivity contribution >= 4 is 11.6 Å². The van der Waals surface area contributed by atoms with Crippen LogP contribution < -0.4 is 0 Å². The van der Waals surface area contributed by atoms with Gasteiger partial charge in [0.05, 0.1) is 5.88 Å². The Labute approximate surface area is 125 Å². The van der Waals surface area contributed by atoms with Crippen LogP contribution in [-0.4, -0.2) is 14.8 Å². The lowest BCUT2D eigenvalue weighted by Crippen LogP contribution is -2.14. The zero-order valence-electron chi connectivity index (χ0n) is 12.2. The predicted molar refractivity (Wildman–Crippen MR) is 82.0 cm³/mol. The van der Waals surface area contributed by atoms with Crippen molar-refractivity contribution in [3.63, 3.8) is 0 Å². The molecule has 1 aromatic heterocycles. The Hall–Kier alpha value is -1.35. The number of hydrogen-bond acceptors (Lipinski definition) is 2. The number of benzene rings is 1. The molecule has 1 aliphatic carbocycles. The van der Waals surface area contributed by atoms with Gasteiger partial charge in [-0.3, -0.25) is 0 Å². The molecular weight excluding hydrogens is 270 g/mol. The fraction of sp³-hybridized carbons (Fsp3) is 0.500. The maximum atomic E-state index is 6.01. The summed E-state index contributed by atoms with van der Waals surface area (Å²) in [6.07, 6.45) is 2.40. The molecule has 20 heavy (non-hydrogen) atoms. The van der Waals surface area contributed by atoms with E-state index in [0.717, 1.165) is 11.6 Å². The van der Waals surface area contributed by atoms with Crippen LogP contribution in [0.25, 0.3) is 11.4 Å². The average molecular weight is 290 g/mol. The Morgan fingerprint density at radius 1 is 1.20 bits per heavy atom. The smallest absolute Gasteiger partial charge is 0.164 e. The molecule has 1 aromatic carbocycles. The van der Waals surface area contributed by atoms with Crippen LogP contribution in [0.1, 0.15) is 51.0 Å². The van der Waals surface area contributed by atoms with Gasteiger partial charge in [0.15, 0.2) is 5.82 Å². The van der Waals surface area contributed by atoms with Crippen molar-refractivity contribution in [1.29, 1.82) is 0 Å². The summed E-state index contributed by atoms with van der Waals surface area (Å²) in [6.45, 7) is 6.68. The van der Waals surface area contributed by atoms with Crippen LogP contribution in [0.5, 0.6) is 0 Å². The summed E-state index contributed by atoms with van der Waals surface area (Å²) in [5.41, 5.74) is 2.56. The van der Waals surface area contributed by atoms with Crippen LogP contribution in [0, 0.1) is 0 Å². The summed E-state index contributed by atoms with van der Waals surface area (Å²) in [7, 11) is 0. The van der Waals surface area contributed by atoms with Crippen LogP contribution in [-0.2, 0) is 11.3 Å². The van der Waals surface area contributed by atoms with Crippen molar-refractivity contribution in [2.45, 2.75) is 50.9 Å². The molecule has 4 heteroatoms. The van der Waals surface area contributed by atoms with Crippen LogP contribution in [0.4, 0.5) is 0 Å². The normalized spacial score (nSPS) is 15.6. The lowest BCUT2D eigenvalue weighted by molar-refractivity contribution is 0.590. The van der Waals surface area contributed by atoms with E-state index in [1.807, 2.05) is 0 Å². The highest BCUT2D eigenvalue weighted by molar-refractivity contribution is 6.16. The third-order valence-electron chi connectivity index (χ3n) is 3.77. The molecule has 0 N–H and O–H groups in total. The first kappa shape index (κ1) is 13.6. The maximum absolute atomic E-state index is 6.01. The predicted octanol–water partition coefficient (Wildman–Crippen LogP) is 4.32. The van der Waals surface area contributed by atoms with Gasteiger partial charge in [-0.05, 0) is 23.8 Å². The molecule has 1 saturated carbocycles. The van der Waals surface area contributed by atoms with Gasteiger partial charge >= 0.3 is 0 Å². The molecule has 106 valence electrons. The van der Waals surface area contributed by atoms with Crippen molar-refractivity contribution in [3.05, 3.63) is 35.7 Å². The quantitative estimate of drug-likeness (QED) is 0.788. The fourth-order valence-electron chi connectivity index (χ4n) is 2.65. The number of hydrogen-bond donors (Lipinski definition) is 0. The number of aromatic nitrogens is 3. The summed E-state index contributed by atoms with van der Waals surface area (Å²) in [4.78, 5) is 0. The van der Waals surface area contributed by atoms with Crippen LogP contribution >= 0.6 is 11.6 Å². The Morgan fingerprint density at radius 2 is 1.90 bits per heavy atom. The van der Waals surface area contributed by atoms with E-state index in [2.05, 4.69) is 59.8 Å². The van der Waals surface area contributed by atoms with Gasteiger partial charge in [0.25, 0.3) is 0 Å². The SMILES string of the molecule is CC(C)(C)c1ccccc1-c1nnc(CCl)n1C1CC1. The first-order valence-corrected chi connectivity index (χ1v) is 7.65. The summed E-state index contributed by atoms with van der Waals surface area (Å²) in [5.74, 6) is 2.27. The van der Waals surface area contributed by atoms with Gasteiger partial charge < -0.3 is 4.57 Å². The summed E-state index contributed by atoms with van der Waals surface area (Å²) < 4.78 is 2.23. The van der Waals surface area contributed by atoms with Crippen LogP contribution in [0.2, 0.25) is 0 Å². The number of nitrogens with zero attached hydrogens (tertiary/aromatic N) is 3. The fourth-order valence-corrected chi connectivity index (χ4v) is 2.83.